The standard InChI is InChI=1S/C31H35N3O3Si/c1-31(2,3)38(26-15-9-5-10-16-26,27-17-11-6-12-18-27)37-28-19-20-34(22-25-21-32-33-29(25)28)30(35)36-23-24-13-7-4-8-14-24/h4-18,21,28H,19-20,22-23H2,1-3H3,(H,32,33). The van der Waals surface area contributed by atoms with Gasteiger partial charge in [-0.25, -0.2) is 4.79 Å². The van der Waals surface area contributed by atoms with Gasteiger partial charge in [0.05, 0.1) is 24.5 Å². The van der Waals surface area contributed by atoms with Crippen molar-refractivity contribution in [3.63, 3.8) is 0 Å². The van der Waals surface area contributed by atoms with E-state index in [1.54, 1.807) is 11.1 Å². The monoisotopic (exact) mass is 525 g/mol. The van der Waals surface area contributed by atoms with Crippen LogP contribution < -0.4 is 10.4 Å². The fourth-order valence-corrected chi connectivity index (χ4v) is 10.1. The summed E-state index contributed by atoms with van der Waals surface area (Å²) < 4.78 is 13.1. The normalized spacial score (nSPS) is 16.0. The Morgan fingerprint density at radius 1 is 0.947 bits per heavy atom. The number of ether oxygens (including phenoxy) is 1. The molecule has 0 aliphatic carbocycles. The Morgan fingerprint density at radius 2 is 1.53 bits per heavy atom. The van der Waals surface area contributed by atoms with E-state index in [-0.39, 0.29) is 23.8 Å². The Hall–Kier alpha value is -3.68. The van der Waals surface area contributed by atoms with Gasteiger partial charge in [0.1, 0.15) is 6.61 Å². The van der Waals surface area contributed by atoms with Crippen LogP contribution in [0.3, 0.4) is 0 Å². The Kier molecular flexibility index (Phi) is 7.49. The molecule has 1 aliphatic rings. The van der Waals surface area contributed by atoms with Crippen LogP contribution in [-0.2, 0) is 22.3 Å². The average molecular weight is 526 g/mol. The summed E-state index contributed by atoms with van der Waals surface area (Å²) in [5.74, 6) is 0. The topological polar surface area (TPSA) is 67.4 Å². The molecule has 0 bridgehead atoms. The minimum atomic E-state index is -2.79. The van der Waals surface area contributed by atoms with E-state index in [9.17, 15) is 4.79 Å². The van der Waals surface area contributed by atoms with E-state index >= 15 is 0 Å². The van der Waals surface area contributed by atoms with Crippen molar-refractivity contribution in [1.29, 1.82) is 0 Å². The van der Waals surface area contributed by atoms with Crippen LogP contribution in [0.5, 0.6) is 0 Å². The highest BCUT2D eigenvalue weighted by Crippen LogP contribution is 2.41. The highest BCUT2D eigenvalue weighted by Gasteiger charge is 2.52. The maximum atomic E-state index is 13.1. The number of aromatic amines is 1. The SMILES string of the molecule is CC(C)(C)[Si](OC1CCN(C(=O)OCc2ccccc2)Cc2cn[nH]c21)(c1ccccc1)c1ccccc1. The molecule has 6 nitrogen and oxygen atoms in total. The summed E-state index contributed by atoms with van der Waals surface area (Å²) in [6.07, 6.45) is 1.87. The zero-order chi connectivity index (χ0) is 26.6. The summed E-state index contributed by atoms with van der Waals surface area (Å²) in [6.45, 7) is 8.03. The molecule has 1 amide bonds. The van der Waals surface area contributed by atoms with Crippen molar-refractivity contribution in [2.45, 2.75) is 51.5 Å². The molecule has 0 saturated heterocycles. The predicted octanol–water partition coefficient (Wildman–Crippen LogP) is 5.57. The minimum Gasteiger partial charge on any atom is -0.445 e. The smallest absolute Gasteiger partial charge is 0.410 e. The third-order valence-corrected chi connectivity index (χ3v) is 12.3. The number of nitrogens with zero attached hydrogens (tertiary/aromatic N) is 2. The lowest BCUT2D eigenvalue weighted by Crippen LogP contribution is -2.67. The van der Waals surface area contributed by atoms with Crippen molar-refractivity contribution in [1.82, 2.24) is 15.1 Å². The van der Waals surface area contributed by atoms with Gasteiger partial charge in [0.2, 0.25) is 0 Å². The van der Waals surface area contributed by atoms with Gasteiger partial charge < -0.3 is 14.1 Å². The van der Waals surface area contributed by atoms with E-state index in [4.69, 9.17) is 9.16 Å². The maximum absolute atomic E-state index is 13.1. The Bertz CT molecular complexity index is 1300. The number of rotatable bonds is 6. The lowest BCUT2D eigenvalue weighted by molar-refractivity contribution is 0.0891. The second-order valence-corrected chi connectivity index (χ2v) is 15.1. The van der Waals surface area contributed by atoms with Gasteiger partial charge in [-0.1, -0.05) is 112 Å². The van der Waals surface area contributed by atoms with Crippen molar-refractivity contribution < 1.29 is 14.0 Å². The summed E-state index contributed by atoms with van der Waals surface area (Å²) in [7, 11) is -2.79. The molecule has 1 N–H and O–H groups in total. The Balaban J connectivity index is 1.46. The maximum Gasteiger partial charge on any atom is 0.410 e. The molecule has 0 radical (unpaired) electrons. The fraction of sp³-hybridized carbons (Fsp3) is 0.290. The van der Waals surface area contributed by atoms with E-state index in [0.29, 0.717) is 19.5 Å². The lowest BCUT2D eigenvalue weighted by atomic mass is 10.1. The summed E-state index contributed by atoms with van der Waals surface area (Å²) in [6, 6.07) is 31.0. The molecule has 5 rings (SSSR count). The number of hydrogen-bond donors (Lipinski definition) is 1. The molecule has 1 aliphatic heterocycles. The quantitative estimate of drug-likeness (QED) is 0.334. The first-order valence-corrected chi connectivity index (χ1v) is 15.1. The minimum absolute atomic E-state index is 0.156. The van der Waals surface area contributed by atoms with E-state index < -0.39 is 8.32 Å². The fourth-order valence-electron chi connectivity index (χ4n) is 5.42. The van der Waals surface area contributed by atoms with Gasteiger partial charge in [0.25, 0.3) is 8.32 Å². The zero-order valence-corrected chi connectivity index (χ0v) is 23.3. The summed E-state index contributed by atoms with van der Waals surface area (Å²) in [4.78, 5) is 14.8. The highest BCUT2D eigenvalue weighted by molar-refractivity contribution is 6.99. The van der Waals surface area contributed by atoms with E-state index in [1.807, 2.05) is 42.5 Å². The second-order valence-electron chi connectivity index (χ2n) is 10.8. The van der Waals surface area contributed by atoms with Crippen LogP contribution in [0.2, 0.25) is 5.04 Å². The van der Waals surface area contributed by atoms with Crippen molar-refractivity contribution in [3.8, 4) is 0 Å². The van der Waals surface area contributed by atoms with Gasteiger partial charge in [-0.05, 0) is 27.4 Å². The van der Waals surface area contributed by atoms with Gasteiger partial charge in [-0.2, -0.15) is 5.10 Å². The van der Waals surface area contributed by atoms with E-state index in [1.165, 1.54) is 10.4 Å². The number of carbonyl (C=O) groups is 1. The first-order chi connectivity index (χ1) is 18.4. The van der Waals surface area contributed by atoms with Crippen molar-refractivity contribution in [3.05, 3.63) is 114 Å². The van der Waals surface area contributed by atoms with Crippen LogP contribution in [0.4, 0.5) is 4.79 Å². The lowest BCUT2D eigenvalue weighted by Gasteiger charge is -2.45. The number of benzene rings is 3. The number of fused-ring (bicyclic) bond motifs is 1. The molecule has 196 valence electrons. The first kappa shape index (κ1) is 25.9. The van der Waals surface area contributed by atoms with Gasteiger partial charge in [0, 0.05) is 12.1 Å². The number of amides is 1. The van der Waals surface area contributed by atoms with E-state index in [0.717, 1.165) is 16.8 Å². The molecule has 2 heterocycles. The van der Waals surface area contributed by atoms with Crippen LogP contribution in [0, 0.1) is 0 Å². The molecule has 3 aromatic carbocycles. The number of aromatic nitrogens is 2. The Labute approximate surface area is 225 Å². The Morgan fingerprint density at radius 3 is 2.11 bits per heavy atom. The van der Waals surface area contributed by atoms with Crippen LogP contribution in [-0.4, -0.2) is 36.1 Å². The third-order valence-electron chi connectivity index (χ3n) is 7.29. The van der Waals surface area contributed by atoms with Crippen LogP contribution in [0.1, 0.15) is 50.1 Å². The largest absolute Gasteiger partial charge is 0.445 e. The van der Waals surface area contributed by atoms with Crippen molar-refractivity contribution >= 4 is 24.8 Å². The van der Waals surface area contributed by atoms with Crippen molar-refractivity contribution in [2.75, 3.05) is 6.54 Å². The molecule has 1 atom stereocenters. The molecule has 38 heavy (non-hydrogen) atoms. The molecule has 4 aromatic rings. The molecule has 1 unspecified atom stereocenters. The molecule has 1 aromatic heterocycles. The van der Waals surface area contributed by atoms with Gasteiger partial charge in [-0.3, -0.25) is 5.10 Å². The van der Waals surface area contributed by atoms with E-state index in [2.05, 4.69) is 79.5 Å². The number of H-pyrrole nitrogens is 1. The average Bonchev–Trinajstić information content (AvgIpc) is 3.33. The first-order valence-electron chi connectivity index (χ1n) is 13.1. The van der Waals surface area contributed by atoms with Gasteiger partial charge in [-0.15, -0.1) is 0 Å². The molecule has 0 spiro atoms. The summed E-state index contributed by atoms with van der Waals surface area (Å²) >= 11 is 0. The molecule has 0 saturated carbocycles. The molecule has 7 heteroatoms. The van der Waals surface area contributed by atoms with Crippen LogP contribution >= 0.6 is 0 Å². The molecule has 0 fully saturated rings. The predicted molar refractivity (Wildman–Crippen MR) is 152 cm³/mol. The zero-order valence-electron chi connectivity index (χ0n) is 22.3. The summed E-state index contributed by atoms with van der Waals surface area (Å²) in [5.41, 5.74) is 2.87. The molecular weight excluding hydrogens is 490 g/mol. The van der Waals surface area contributed by atoms with Gasteiger partial charge >= 0.3 is 6.09 Å². The number of carbonyl (C=O) groups excluding carboxylic acids is 1. The van der Waals surface area contributed by atoms with Crippen LogP contribution in [0.25, 0.3) is 0 Å². The van der Waals surface area contributed by atoms with Gasteiger partial charge in [0.15, 0.2) is 0 Å². The summed E-state index contributed by atoms with van der Waals surface area (Å²) in [5, 5.41) is 9.86. The number of hydrogen-bond acceptors (Lipinski definition) is 4. The van der Waals surface area contributed by atoms with Crippen molar-refractivity contribution in [2.24, 2.45) is 0 Å². The molecular formula is C31H35N3O3Si. The van der Waals surface area contributed by atoms with Crippen LogP contribution in [0.15, 0.2) is 97.2 Å². The second kappa shape index (κ2) is 11.0. The third kappa shape index (κ3) is 5.17. The number of nitrogens with one attached hydrogen (secondary N) is 1. The highest BCUT2D eigenvalue weighted by atomic mass is 28.4.